The minimum atomic E-state index is 0.692. The first-order valence-corrected chi connectivity index (χ1v) is 8.30. The Labute approximate surface area is 130 Å². The van der Waals surface area contributed by atoms with Crippen LogP contribution in [0, 0.1) is 5.92 Å². The quantitative estimate of drug-likeness (QED) is 0.675. The van der Waals surface area contributed by atoms with Gasteiger partial charge in [-0.2, -0.15) is 0 Å². The van der Waals surface area contributed by atoms with Gasteiger partial charge < -0.3 is 15.0 Å². The maximum Gasteiger partial charge on any atom is 0.119 e. The Hall–Kier alpha value is -1.06. The largest absolute Gasteiger partial charge is 0.492 e. The van der Waals surface area contributed by atoms with Crippen LogP contribution in [0.4, 0.5) is 0 Å². The predicted molar refractivity (Wildman–Crippen MR) is 90.9 cm³/mol. The van der Waals surface area contributed by atoms with Crippen molar-refractivity contribution >= 4 is 0 Å². The molecule has 0 unspecified atom stereocenters. The predicted octanol–water partition coefficient (Wildman–Crippen LogP) is 3.54. The van der Waals surface area contributed by atoms with E-state index < -0.39 is 0 Å². The molecule has 0 aliphatic rings. The summed E-state index contributed by atoms with van der Waals surface area (Å²) in [5, 5.41) is 3.45. The number of benzene rings is 1. The molecule has 0 aliphatic carbocycles. The SMILES string of the molecule is CCCN(CC)CCOc1ccc(CNCC(C)C)cc1. The molecule has 0 atom stereocenters. The van der Waals surface area contributed by atoms with Gasteiger partial charge in [0.2, 0.25) is 0 Å². The van der Waals surface area contributed by atoms with Crippen LogP contribution in [0.15, 0.2) is 24.3 Å². The van der Waals surface area contributed by atoms with E-state index in [-0.39, 0.29) is 0 Å². The van der Waals surface area contributed by atoms with Crippen molar-refractivity contribution in [3.8, 4) is 5.75 Å². The van der Waals surface area contributed by atoms with Crippen LogP contribution in [-0.2, 0) is 6.54 Å². The fourth-order valence-electron chi connectivity index (χ4n) is 2.25. The van der Waals surface area contributed by atoms with E-state index in [0.29, 0.717) is 5.92 Å². The van der Waals surface area contributed by atoms with Gasteiger partial charge in [-0.3, -0.25) is 0 Å². The molecule has 0 saturated carbocycles. The molecule has 3 nitrogen and oxygen atoms in total. The van der Waals surface area contributed by atoms with Crippen LogP contribution in [0.2, 0.25) is 0 Å². The van der Waals surface area contributed by atoms with E-state index in [2.05, 4.69) is 62.2 Å². The molecule has 0 spiro atoms. The van der Waals surface area contributed by atoms with Crippen molar-refractivity contribution in [2.45, 2.75) is 40.7 Å². The van der Waals surface area contributed by atoms with Gasteiger partial charge >= 0.3 is 0 Å². The lowest BCUT2D eigenvalue weighted by Crippen LogP contribution is -2.29. The number of likely N-dealkylation sites (N-methyl/N-ethyl adjacent to an activating group) is 1. The van der Waals surface area contributed by atoms with E-state index in [1.165, 1.54) is 12.0 Å². The molecule has 0 radical (unpaired) electrons. The lowest BCUT2D eigenvalue weighted by atomic mass is 10.2. The fraction of sp³-hybridized carbons (Fsp3) is 0.667. The van der Waals surface area contributed by atoms with Gasteiger partial charge in [0.15, 0.2) is 0 Å². The molecule has 120 valence electrons. The molecule has 3 heteroatoms. The van der Waals surface area contributed by atoms with Gasteiger partial charge in [-0.05, 0) is 49.7 Å². The molecule has 1 aromatic carbocycles. The number of rotatable bonds is 11. The maximum absolute atomic E-state index is 5.82. The first-order valence-electron chi connectivity index (χ1n) is 8.30. The van der Waals surface area contributed by atoms with Crippen LogP contribution in [-0.4, -0.2) is 37.7 Å². The number of hydrogen-bond acceptors (Lipinski definition) is 3. The molecule has 0 fully saturated rings. The third-order valence-corrected chi connectivity index (χ3v) is 3.47. The number of nitrogens with one attached hydrogen (secondary N) is 1. The minimum Gasteiger partial charge on any atom is -0.492 e. The van der Waals surface area contributed by atoms with Crippen molar-refractivity contribution in [1.82, 2.24) is 10.2 Å². The van der Waals surface area contributed by atoms with E-state index in [1.807, 2.05) is 0 Å². The van der Waals surface area contributed by atoms with Crippen LogP contribution in [0.3, 0.4) is 0 Å². The second-order valence-electron chi connectivity index (χ2n) is 5.95. The van der Waals surface area contributed by atoms with Crippen LogP contribution in [0.5, 0.6) is 5.75 Å². The molecule has 0 bridgehead atoms. The first-order chi connectivity index (χ1) is 10.2. The average Bonchev–Trinajstić information content (AvgIpc) is 2.47. The Balaban J connectivity index is 2.27. The zero-order chi connectivity index (χ0) is 15.5. The molecule has 1 N–H and O–H groups in total. The van der Waals surface area contributed by atoms with Crippen molar-refractivity contribution in [3.63, 3.8) is 0 Å². The highest BCUT2D eigenvalue weighted by molar-refractivity contribution is 5.27. The first kappa shape index (κ1) is 18.0. The molecule has 1 aromatic rings. The van der Waals surface area contributed by atoms with Gasteiger partial charge in [0, 0.05) is 13.1 Å². The van der Waals surface area contributed by atoms with Gasteiger partial charge in [0.05, 0.1) is 0 Å². The van der Waals surface area contributed by atoms with E-state index >= 15 is 0 Å². The average molecular weight is 292 g/mol. The van der Waals surface area contributed by atoms with Crippen LogP contribution in [0.25, 0.3) is 0 Å². The Morgan fingerprint density at radius 1 is 1.10 bits per heavy atom. The number of nitrogens with zero attached hydrogens (tertiary/aromatic N) is 1. The highest BCUT2D eigenvalue weighted by atomic mass is 16.5. The zero-order valence-electron chi connectivity index (χ0n) is 14.2. The molecule has 21 heavy (non-hydrogen) atoms. The fourth-order valence-corrected chi connectivity index (χ4v) is 2.25. The molecule has 0 saturated heterocycles. The Bertz CT molecular complexity index is 362. The number of ether oxygens (including phenoxy) is 1. The van der Waals surface area contributed by atoms with Crippen LogP contribution < -0.4 is 10.1 Å². The third-order valence-electron chi connectivity index (χ3n) is 3.47. The van der Waals surface area contributed by atoms with Gasteiger partial charge in [-0.25, -0.2) is 0 Å². The van der Waals surface area contributed by atoms with Gasteiger partial charge in [-0.1, -0.05) is 39.8 Å². The third kappa shape index (κ3) is 8.08. The van der Waals surface area contributed by atoms with E-state index in [0.717, 1.165) is 45.1 Å². The van der Waals surface area contributed by atoms with Crippen molar-refractivity contribution in [2.75, 3.05) is 32.8 Å². The van der Waals surface area contributed by atoms with Gasteiger partial charge in [0.25, 0.3) is 0 Å². The Morgan fingerprint density at radius 3 is 2.38 bits per heavy atom. The monoisotopic (exact) mass is 292 g/mol. The summed E-state index contributed by atoms with van der Waals surface area (Å²) in [6.07, 6.45) is 1.20. The summed E-state index contributed by atoms with van der Waals surface area (Å²) in [5.74, 6) is 1.66. The second kappa shape index (κ2) is 10.6. The van der Waals surface area contributed by atoms with Gasteiger partial charge in [-0.15, -0.1) is 0 Å². The molecule has 0 aromatic heterocycles. The molecule has 0 heterocycles. The molecule has 0 amide bonds. The minimum absolute atomic E-state index is 0.692. The van der Waals surface area contributed by atoms with Crippen LogP contribution in [0.1, 0.15) is 39.7 Å². The summed E-state index contributed by atoms with van der Waals surface area (Å²) >= 11 is 0. The zero-order valence-corrected chi connectivity index (χ0v) is 14.2. The summed E-state index contributed by atoms with van der Waals surface area (Å²) in [4.78, 5) is 2.42. The lowest BCUT2D eigenvalue weighted by Gasteiger charge is -2.19. The maximum atomic E-state index is 5.82. The summed E-state index contributed by atoms with van der Waals surface area (Å²) in [5.41, 5.74) is 1.31. The summed E-state index contributed by atoms with van der Waals surface area (Å²) in [7, 11) is 0. The summed E-state index contributed by atoms with van der Waals surface area (Å²) in [6.45, 7) is 14.9. The summed E-state index contributed by atoms with van der Waals surface area (Å²) < 4.78 is 5.82. The van der Waals surface area contributed by atoms with Crippen molar-refractivity contribution in [2.24, 2.45) is 5.92 Å². The van der Waals surface area contributed by atoms with E-state index in [9.17, 15) is 0 Å². The Morgan fingerprint density at radius 2 is 1.81 bits per heavy atom. The van der Waals surface area contributed by atoms with E-state index in [1.54, 1.807) is 0 Å². The molecule has 0 aliphatic heterocycles. The van der Waals surface area contributed by atoms with Crippen molar-refractivity contribution < 1.29 is 4.74 Å². The second-order valence-corrected chi connectivity index (χ2v) is 5.95. The normalized spacial score (nSPS) is 11.3. The number of hydrogen-bond donors (Lipinski definition) is 1. The summed E-state index contributed by atoms with van der Waals surface area (Å²) in [6, 6.07) is 8.43. The van der Waals surface area contributed by atoms with Crippen molar-refractivity contribution in [3.05, 3.63) is 29.8 Å². The van der Waals surface area contributed by atoms with Crippen LogP contribution >= 0.6 is 0 Å². The Kier molecular flexibility index (Phi) is 9.11. The molecular formula is C18H32N2O. The van der Waals surface area contributed by atoms with E-state index in [4.69, 9.17) is 4.74 Å². The smallest absolute Gasteiger partial charge is 0.119 e. The lowest BCUT2D eigenvalue weighted by molar-refractivity contribution is 0.216. The van der Waals surface area contributed by atoms with Gasteiger partial charge in [0.1, 0.15) is 12.4 Å². The molecule has 1 rings (SSSR count). The molecular weight excluding hydrogens is 260 g/mol. The highest BCUT2D eigenvalue weighted by Gasteiger charge is 2.01. The van der Waals surface area contributed by atoms with Crippen molar-refractivity contribution in [1.29, 1.82) is 0 Å². The topological polar surface area (TPSA) is 24.5 Å². The highest BCUT2D eigenvalue weighted by Crippen LogP contribution is 2.12. The standard InChI is InChI=1S/C18H32N2O/c1-5-11-20(6-2)12-13-21-18-9-7-17(8-10-18)15-19-14-16(3)4/h7-10,16,19H,5-6,11-15H2,1-4H3.